The molecule has 14 nitrogen and oxygen atoms in total. The van der Waals surface area contributed by atoms with Crippen LogP contribution in [0.5, 0.6) is 0 Å². The van der Waals surface area contributed by atoms with E-state index in [0.717, 1.165) is 132 Å². The predicted octanol–water partition coefficient (Wildman–Crippen LogP) is 7.16. The molecule has 2 aliphatic carbocycles. The summed E-state index contributed by atoms with van der Waals surface area (Å²) >= 11 is 0. The van der Waals surface area contributed by atoms with E-state index in [-0.39, 0.29) is 7.43 Å². The quantitative estimate of drug-likeness (QED) is 0.132. The van der Waals surface area contributed by atoms with Crippen molar-refractivity contribution >= 4 is 0 Å². The second kappa shape index (κ2) is 61.5. The molecule has 0 aromatic rings. The molecule has 14 heteroatoms. The molecule has 7 N–H and O–H groups in total. The molecule has 0 amide bonds. The molecular formula is C51H111N7O7. The molecule has 10 saturated heterocycles. The predicted molar refractivity (Wildman–Crippen MR) is 274 cm³/mol. The molecule has 10 heterocycles. The summed E-state index contributed by atoms with van der Waals surface area (Å²) in [6.45, 7) is 26.4. The van der Waals surface area contributed by atoms with Gasteiger partial charge in [0.15, 0.2) is 0 Å². The standard InChI is InChI=1S/2C5H11N.2C5H10O.C4H9NO.C4H9N.C4H8O2.C4H8O.2C4H8.C3H8N2.C3H7NO.CH4/c4*1-2-4-6-5-3-1;1-3-6-4-2-5-1;1-2-4-5-3-1;1-2-6-4-3-5-1;1-2-4-5-3-1;2*1-2-4-3-1;2*1-2-5-3-4-1;/h2*6H,1-5H2;2*1-5H2;5H,1-4H2;5H,1-4H2;1-4H2;1-4H2;2*1-4H2;4-5H,1-3H2;4H,1-3H2;1H4. The van der Waals surface area contributed by atoms with Crippen LogP contribution in [0, 0.1) is 0 Å². The summed E-state index contributed by atoms with van der Waals surface area (Å²) < 4.78 is 34.8. The third-order valence-electron chi connectivity index (χ3n) is 11.3. The summed E-state index contributed by atoms with van der Waals surface area (Å²) in [5, 5.41) is 22.2. The van der Waals surface area contributed by atoms with Gasteiger partial charge in [-0.1, -0.05) is 71.6 Å². The van der Waals surface area contributed by atoms with E-state index < -0.39 is 0 Å². The number of hydrogen-bond donors (Lipinski definition) is 7. The molecule has 0 unspecified atom stereocenters. The number of hydrogen-bond acceptors (Lipinski definition) is 14. The molecule has 12 rings (SSSR count). The maximum absolute atomic E-state index is 5.07. The Balaban J connectivity index is 0.000000688. The minimum atomic E-state index is 0. The zero-order valence-corrected chi connectivity index (χ0v) is 41.7. The molecule has 10 aliphatic heterocycles. The van der Waals surface area contributed by atoms with E-state index in [1.807, 2.05) is 0 Å². The van der Waals surface area contributed by atoms with Crippen molar-refractivity contribution in [1.82, 2.24) is 37.2 Å². The Labute approximate surface area is 402 Å². The lowest BCUT2D eigenvalue weighted by atomic mass is 10.0. The Kier molecular flexibility index (Phi) is 60.9. The van der Waals surface area contributed by atoms with Crippen molar-refractivity contribution in [3.05, 3.63) is 0 Å². The lowest BCUT2D eigenvalue weighted by molar-refractivity contribution is -0.0334. The largest absolute Gasteiger partial charge is 0.381 e. The molecule has 65 heavy (non-hydrogen) atoms. The van der Waals surface area contributed by atoms with E-state index in [2.05, 4.69) is 37.2 Å². The minimum Gasteiger partial charge on any atom is -0.381 e. The van der Waals surface area contributed by atoms with Crippen LogP contribution in [0.1, 0.15) is 162 Å². The van der Waals surface area contributed by atoms with E-state index in [4.69, 9.17) is 33.2 Å². The Morgan fingerprint density at radius 1 is 0.169 bits per heavy atom. The second-order valence-corrected chi connectivity index (χ2v) is 17.4. The summed E-state index contributed by atoms with van der Waals surface area (Å²) in [5.74, 6) is 0. The van der Waals surface area contributed by atoms with Crippen molar-refractivity contribution in [2.75, 3.05) is 171 Å². The fourth-order valence-electron chi connectivity index (χ4n) is 6.37. The monoisotopic (exact) mass is 934 g/mol. The van der Waals surface area contributed by atoms with Crippen LogP contribution < -0.4 is 37.2 Å². The van der Waals surface area contributed by atoms with Gasteiger partial charge in [-0.05, 0) is 129 Å². The Morgan fingerprint density at radius 3 is 0.538 bits per heavy atom. The summed E-state index contributed by atoms with van der Waals surface area (Å²) in [6.07, 6.45) is 33.6. The van der Waals surface area contributed by atoms with Crippen LogP contribution in [0.15, 0.2) is 0 Å². The van der Waals surface area contributed by atoms with Gasteiger partial charge in [0.25, 0.3) is 0 Å². The maximum Gasteiger partial charge on any atom is 0.0966 e. The molecule has 0 atom stereocenters. The van der Waals surface area contributed by atoms with Crippen molar-refractivity contribution in [2.24, 2.45) is 0 Å². The van der Waals surface area contributed by atoms with Gasteiger partial charge in [0, 0.05) is 79.0 Å². The molecule has 0 spiro atoms. The summed E-state index contributed by atoms with van der Waals surface area (Å²) in [5.41, 5.74) is 0. The summed E-state index contributed by atoms with van der Waals surface area (Å²) in [7, 11) is 0. The van der Waals surface area contributed by atoms with Gasteiger partial charge in [0.05, 0.1) is 53.0 Å². The fourth-order valence-corrected chi connectivity index (χ4v) is 6.37. The van der Waals surface area contributed by atoms with Crippen LogP contribution in [-0.4, -0.2) is 171 Å². The normalized spacial score (nSPS) is 23.6. The Hall–Kier alpha value is -0.560. The molecule has 12 fully saturated rings. The Morgan fingerprint density at radius 2 is 0.415 bits per heavy atom. The molecule has 0 aromatic carbocycles. The van der Waals surface area contributed by atoms with Gasteiger partial charge in [-0.2, -0.15) is 0 Å². The van der Waals surface area contributed by atoms with Gasteiger partial charge < -0.3 is 65.1 Å². The van der Waals surface area contributed by atoms with Crippen LogP contribution in [0.4, 0.5) is 0 Å². The molecule has 0 aromatic heterocycles. The van der Waals surface area contributed by atoms with Gasteiger partial charge >= 0.3 is 0 Å². The van der Waals surface area contributed by atoms with E-state index in [9.17, 15) is 0 Å². The van der Waals surface area contributed by atoms with Crippen molar-refractivity contribution < 1.29 is 33.2 Å². The SMILES string of the molecule is C.C1CCC1.C1CCC1.C1CCNC1.C1CCNCC1.C1CCNCC1.C1CCOC1.C1CCOCC1.C1CCOCC1.C1CNCN1.C1COCCN1.C1COCCO1.C1COCN1. The highest BCUT2D eigenvalue weighted by molar-refractivity contribution is 4.58. The molecule has 0 bridgehead atoms. The van der Waals surface area contributed by atoms with Crippen LogP contribution >= 0.6 is 0 Å². The first-order valence-corrected chi connectivity index (χ1v) is 27.0. The lowest BCUT2D eigenvalue weighted by Crippen LogP contribution is -2.30. The zero-order valence-electron chi connectivity index (χ0n) is 41.7. The van der Waals surface area contributed by atoms with Crippen LogP contribution in [0.3, 0.4) is 0 Å². The first kappa shape index (κ1) is 64.4. The fraction of sp³-hybridized carbons (Fsp3) is 1.00. The van der Waals surface area contributed by atoms with Crippen LogP contribution in [-0.2, 0) is 33.2 Å². The van der Waals surface area contributed by atoms with Crippen LogP contribution in [0.25, 0.3) is 0 Å². The van der Waals surface area contributed by atoms with Crippen molar-refractivity contribution in [3.63, 3.8) is 0 Å². The number of nitrogens with one attached hydrogen (secondary N) is 7. The minimum absolute atomic E-state index is 0. The number of morpholine rings is 1. The molecule has 2 saturated carbocycles. The highest BCUT2D eigenvalue weighted by Gasteiger charge is 1.99. The molecule has 392 valence electrons. The highest BCUT2D eigenvalue weighted by Crippen LogP contribution is 2.15. The third kappa shape index (κ3) is 59.5. The van der Waals surface area contributed by atoms with E-state index in [0.29, 0.717) is 0 Å². The maximum atomic E-state index is 5.07. The van der Waals surface area contributed by atoms with Gasteiger partial charge in [-0.25, -0.2) is 0 Å². The van der Waals surface area contributed by atoms with Gasteiger partial charge in [0.2, 0.25) is 0 Å². The second-order valence-electron chi connectivity index (χ2n) is 17.4. The van der Waals surface area contributed by atoms with Crippen LogP contribution in [0.2, 0.25) is 0 Å². The van der Waals surface area contributed by atoms with E-state index >= 15 is 0 Å². The zero-order chi connectivity index (χ0) is 45.3. The molecule has 12 aliphatic rings. The number of rotatable bonds is 0. The smallest absolute Gasteiger partial charge is 0.0966 e. The molecule has 0 radical (unpaired) electrons. The first-order valence-electron chi connectivity index (χ1n) is 27.0. The Bertz CT molecular complexity index is 534. The highest BCUT2D eigenvalue weighted by atomic mass is 16.6. The van der Waals surface area contributed by atoms with Gasteiger partial charge in [0.1, 0.15) is 0 Å². The molecular weight excluding hydrogens is 823 g/mol. The number of piperidine rings is 2. The summed E-state index contributed by atoms with van der Waals surface area (Å²) in [6, 6.07) is 0. The average Bonchev–Trinajstić information content (AvgIpc) is 4.23. The number of ether oxygens (including phenoxy) is 7. The van der Waals surface area contributed by atoms with Crippen molar-refractivity contribution in [2.45, 2.75) is 162 Å². The van der Waals surface area contributed by atoms with Crippen molar-refractivity contribution in [3.8, 4) is 0 Å². The van der Waals surface area contributed by atoms with Gasteiger partial charge in [-0.15, -0.1) is 0 Å². The first-order chi connectivity index (χ1) is 32.0. The summed E-state index contributed by atoms with van der Waals surface area (Å²) in [4.78, 5) is 0. The van der Waals surface area contributed by atoms with E-state index in [1.54, 1.807) is 0 Å². The topological polar surface area (TPSA) is 149 Å². The third-order valence-corrected chi connectivity index (χ3v) is 11.3. The average molecular weight is 934 g/mol. The van der Waals surface area contributed by atoms with Crippen molar-refractivity contribution in [1.29, 1.82) is 0 Å². The lowest BCUT2D eigenvalue weighted by Gasteiger charge is -2.10. The van der Waals surface area contributed by atoms with E-state index in [1.165, 1.54) is 193 Å². The van der Waals surface area contributed by atoms with Gasteiger partial charge in [-0.3, -0.25) is 5.32 Å².